The highest BCUT2D eigenvalue weighted by molar-refractivity contribution is 5.99. The molecule has 7 heteroatoms. The van der Waals surface area contributed by atoms with Gasteiger partial charge in [0.1, 0.15) is 12.4 Å². The molecule has 0 spiro atoms. The molecule has 0 aliphatic carbocycles. The minimum atomic E-state index is -0.728. The van der Waals surface area contributed by atoms with Gasteiger partial charge in [0.2, 0.25) is 0 Å². The fourth-order valence-electron chi connectivity index (χ4n) is 1.20. The molecule has 0 aliphatic rings. The van der Waals surface area contributed by atoms with E-state index < -0.39 is 6.16 Å². The summed E-state index contributed by atoms with van der Waals surface area (Å²) in [5, 5.41) is 11.1. The summed E-state index contributed by atoms with van der Waals surface area (Å²) >= 11 is 0. The molecule has 100 valence electrons. The highest BCUT2D eigenvalue weighted by atomic mass is 16.7. The molecule has 1 aromatic rings. The van der Waals surface area contributed by atoms with Crippen LogP contribution in [0.15, 0.2) is 29.5 Å². The molecule has 0 bridgehead atoms. The highest BCUT2D eigenvalue weighted by Gasteiger charge is 2.03. The van der Waals surface area contributed by atoms with Crippen LogP contribution in [0, 0.1) is 11.5 Å². The van der Waals surface area contributed by atoms with Crippen LogP contribution in [0.3, 0.4) is 0 Å². The maximum atomic E-state index is 10.9. The van der Waals surface area contributed by atoms with Crippen molar-refractivity contribution in [2.45, 2.75) is 6.92 Å². The van der Waals surface area contributed by atoms with Gasteiger partial charge in [-0.3, -0.25) is 15.3 Å². The SMILES string of the molecule is CCOC(=O)OCCN=C(NC#N)c1cccnc1. The van der Waals surface area contributed by atoms with Crippen molar-refractivity contribution in [3.05, 3.63) is 30.1 Å². The molecule has 19 heavy (non-hydrogen) atoms. The van der Waals surface area contributed by atoms with Gasteiger partial charge in [-0.1, -0.05) is 0 Å². The van der Waals surface area contributed by atoms with Gasteiger partial charge in [0.15, 0.2) is 6.19 Å². The van der Waals surface area contributed by atoms with Crippen molar-refractivity contribution in [2.75, 3.05) is 19.8 Å². The Labute approximate surface area is 110 Å². The van der Waals surface area contributed by atoms with E-state index in [0.29, 0.717) is 11.4 Å². The first-order valence-electron chi connectivity index (χ1n) is 5.67. The van der Waals surface area contributed by atoms with Gasteiger partial charge in [-0.2, -0.15) is 5.26 Å². The van der Waals surface area contributed by atoms with E-state index in [2.05, 4.69) is 20.0 Å². The minimum Gasteiger partial charge on any atom is -0.435 e. The number of carbonyl (C=O) groups excluding carboxylic acids is 1. The molecular weight excluding hydrogens is 248 g/mol. The molecule has 0 unspecified atom stereocenters. The Hall–Kier alpha value is -2.62. The standard InChI is InChI=1S/C12H14N4O3/c1-2-18-12(17)19-7-6-15-11(16-9-13)10-4-3-5-14-8-10/h3-5,8H,2,6-7H2,1H3,(H,15,16). The average Bonchev–Trinajstić information content (AvgIpc) is 2.43. The fourth-order valence-corrected chi connectivity index (χ4v) is 1.20. The van der Waals surface area contributed by atoms with Gasteiger partial charge in [-0.25, -0.2) is 4.79 Å². The van der Waals surface area contributed by atoms with Crippen LogP contribution in [0.4, 0.5) is 4.79 Å². The van der Waals surface area contributed by atoms with Crippen molar-refractivity contribution in [3.8, 4) is 6.19 Å². The van der Waals surface area contributed by atoms with Crippen molar-refractivity contribution in [2.24, 2.45) is 4.99 Å². The van der Waals surface area contributed by atoms with E-state index in [1.165, 1.54) is 0 Å². The normalized spacial score (nSPS) is 10.4. The average molecular weight is 262 g/mol. The molecule has 0 radical (unpaired) electrons. The number of aromatic nitrogens is 1. The van der Waals surface area contributed by atoms with Crippen LogP contribution < -0.4 is 5.32 Å². The number of amidine groups is 1. The number of nitriles is 1. The van der Waals surface area contributed by atoms with Crippen LogP contribution in [0.2, 0.25) is 0 Å². The van der Waals surface area contributed by atoms with Crippen LogP contribution in [-0.4, -0.2) is 36.7 Å². The monoisotopic (exact) mass is 262 g/mol. The second-order valence-corrected chi connectivity index (χ2v) is 3.24. The Balaban J connectivity index is 2.51. The van der Waals surface area contributed by atoms with Crippen LogP contribution in [0.5, 0.6) is 0 Å². The Kier molecular flexibility index (Phi) is 6.44. The minimum absolute atomic E-state index is 0.0791. The summed E-state index contributed by atoms with van der Waals surface area (Å²) in [6.07, 6.45) is 4.27. The maximum absolute atomic E-state index is 10.9. The number of carbonyl (C=O) groups is 1. The van der Waals surface area contributed by atoms with Gasteiger partial charge in [0.25, 0.3) is 0 Å². The zero-order chi connectivity index (χ0) is 13.9. The number of pyridine rings is 1. The van der Waals surface area contributed by atoms with Gasteiger partial charge in [-0.15, -0.1) is 0 Å². The van der Waals surface area contributed by atoms with E-state index in [9.17, 15) is 4.79 Å². The fraction of sp³-hybridized carbons (Fsp3) is 0.333. The number of aliphatic imine (C=N–C) groups is 1. The summed E-state index contributed by atoms with van der Waals surface area (Å²) in [6, 6.07) is 3.50. The molecular formula is C12H14N4O3. The van der Waals surface area contributed by atoms with Gasteiger partial charge < -0.3 is 9.47 Å². The maximum Gasteiger partial charge on any atom is 0.508 e. The molecule has 0 fully saturated rings. The molecule has 1 rings (SSSR count). The van der Waals surface area contributed by atoms with Crippen LogP contribution in [0.1, 0.15) is 12.5 Å². The van der Waals surface area contributed by atoms with Gasteiger partial charge >= 0.3 is 6.16 Å². The van der Waals surface area contributed by atoms with Gasteiger partial charge in [0, 0.05) is 18.0 Å². The quantitative estimate of drug-likeness (QED) is 0.213. The Morgan fingerprint density at radius 2 is 2.42 bits per heavy atom. The van der Waals surface area contributed by atoms with Gasteiger partial charge in [-0.05, 0) is 19.1 Å². The third kappa shape index (κ3) is 5.50. The smallest absolute Gasteiger partial charge is 0.435 e. The van der Waals surface area contributed by atoms with E-state index in [-0.39, 0.29) is 19.8 Å². The van der Waals surface area contributed by atoms with E-state index in [1.807, 2.05) is 0 Å². The largest absolute Gasteiger partial charge is 0.508 e. The molecule has 1 aromatic heterocycles. The predicted molar refractivity (Wildman–Crippen MR) is 67.4 cm³/mol. The summed E-state index contributed by atoms with van der Waals surface area (Å²) in [6.45, 7) is 2.25. The van der Waals surface area contributed by atoms with E-state index in [1.54, 1.807) is 37.6 Å². The number of hydrogen-bond donors (Lipinski definition) is 1. The molecule has 0 atom stereocenters. The molecule has 0 saturated carbocycles. The summed E-state index contributed by atoms with van der Waals surface area (Å²) in [4.78, 5) is 19.0. The molecule has 1 heterocycles. The number of rotatable bonds is 5. The number of nitrogens with zero attached hydrogens (tertiary/aromatic N) is 3. The summed E-state index contributed by atoms with van der Waals surface area (Å²) in [5.41, 5.74) is 0.681. The summed E-state index contributed by atoms with van der Waals surface area (Å²) in [7, 11) is 0. The zero-order valence-corrected chi connectivity index (χ0v) is 10.5. The number of ether oxygens (including phenoxy) is 2. The van der Waals surface area contributed by atoms with Crippen molar-refractivity contribution < 1.29 is 14.3 Å². The Bertz CT molecular complexity index is 468. The van der Waals surface area contributed by atoms with Crippen molar-refractivity contribution >= 4 is 12.0 Å². The third-order valence-corrected chi connectivity index (χ3v) is 1.95. The topological polar surface area (TPSA) is 96.6 Å². The third-order valence-electron chi connectivity index (χ3n) is 1.95. The van der Waals surface area contributed by atoms with Crippen LogP contribution in [-0.2, 0) is 9.47 Å². The molecule has 0 saturated heterocycles. The predicted octanol–water partition coefficient (Wildman–Crippen LogP) is 1.07. The van der Waals surface area contributed by atoms with Crippen molar-refractivity contribution in [1.29, 1.82) is 5.26 Å². The van der Waals surface area contributed by atoms with E-state index in [4.69, 9.17) is 10.00 Å². The molecule has 0 amide bonds. The first-order chi connectivity index (χ1) is 9.27. The van der Waals surface area contributed by atoms with Crippen LogP contribution >= 0.6 is 0 Å². The molecule has 0 aromatic carbocycles. The number of nitrogens with one attached hydrogen (secondary N) is 1. The summed E-state index contributed by atoms with van der Waals surface area (Å²) < 4.78 is 9.35. The second-order valence-electron chi connectivity index (χ2n) is 3.24. The highest BCUT2D eigenvalue weighted by Crippen LogP contribution is 1.97. The lowest BCUT2D eigenvalue weighted by Crippen LogP contribution is -2.20. The van der Waals surface area contributed by atoms with E-state index in [0.717, 1.165) is 0 Å². The lowest BCUT2D eigenvalue weighted by atomic mass is 10.2. The lowest BCUT2D eigenvalue weighted by Gasteiger charge is -2.05. The van der Waals surface area contributed by atoms with Gasteiger partial charge in [0.05, 0.1) is 13.2 Å². The first-order valence-corrected chi connectivity index (χ1v) is 5.67. The van der Waals surface area contributed by atoms with Crippen molar-refractivity contribution in [3.63, 3.8) is 0 Å². The van der Waals surface area contributed by atoms with Crippen molar-refractivity contribution in [1.82, 2.24) is 10.3 Å². The molecule has 0 aliphatic heterocycles. The van der Waals surface area contributed by atoms with E-state index >= 15 is 0 Å². The lowest BCUT2D eigenvalue weighted by molar-refractivity contribution is 0.0614. The molecule has 7 nitrogen and oxygen atoms in total. The first kappa shape index (κ1) is 14.4. The number of hydrogen-bond acceptors (Lipinski definition) is 6. The zero-order valence-electron chi connectivity index (χ0n) is 10.5. The summed E-state index contributed by atoms with van der Waals surface area (Å²) in [5.74, 6) is 0.378. The second kappa shape index (κ2) is 8.47. The Morgan fingerprint density at radius 1 is 1.58 bits per heavy atom. The Morgan fingerprint density at radius 3 is 3.05 bits per heavy atom. The molecule has 1 N–H and O–H groups in total. The van der Waals surface area contributed by atoms with Crippen LogP contribution in [0.25, 0.3) is 0 Å².